The maximum Gasteiger partial charge on any atom is 0.312 e. The Labute approximate surface area is 94.4 Å². The van der Waals surface area contributed by atoms with Crippen LogP contribution in [0.5, 0.6) is 0 Å². The first kappa shape index (κ1) is 11.9. The summed E-state index contributed by atoms with van der Waals surface area (Å²) in [5.41, 5.74) is 12.6. The van der Waals surface area contributed by atoms with E-state index in [0.29, 0.717) is 13.1 Å². The number of urea groups is 1. The zero-order chi connectivity index (χ0) is 11.3. The van der Waals surface area contributed by atoms with Gasteiger partial charge in [0.2, 0.25) is 0 Å². The number of hydrogen-bond donors (Lipinski definition) is 4. The Kier molecular flexibility index (Phi) is 4.45. The Morgan fingerprint density at radius 3 is 2.60 bits per heavy atom. The first-order chi connectivity index (χ1) is 7.11. The molecule has 1 aromatic rings. The van der Waals surface area contributed by atoms with Gasteiger partial charge >= 0.3 is 6.03 Å². The molecule has 0 unspecified atom stereocenters. The second kappa shape index (κ2) is 5.63. The van der Waals surface area contributed by atoms with Crippen molar-refractivity contribution in [3.05, 3.63) is 29.3 Å². The Morgan fingerprint density at radius 2 is 2.00 bits per heavy atom. The number of nitrogens with two attached hydrogens (primary N) is 2. The minimum Gasteiger partial charge on any atom is -0.352 e. The Morgan fingerprint density at radius 1 is 1.33 bits per heavy atom. The fourth-order valence-electron chi connectivity index (χ4n) is 1.34. The highest BCUT2D eigenvalue weighted by molar-refractivity contribution is 7.80. The van der Waals surface area contributed by atoms with Gasteiger partial charge in [0.1, 0.15) is 0 Å². The molecule has 0 aliphatic carbocycles. The topological polar surface area (TPSA) is 81.1 Å². The molecule has 0 aromatic heterocycles. The number of nitrogens with one attached hydrogen (secondary N) is 1. The second-order valence-electron chi connectivity index (χ2n) is 3.25. The van der Waals surface area contributed by atoms with Crippen LogP contribution in [0, 0.1) is 0 Å². The Balaban J connectivity index is 2.60. The van der Waals surface area contributed by atoms with Gasteiger partial charge < -0.3 is 16.8 Å². The van der Waals surface area contributed by atoms with Gasteiger partial charge in [0.25, 0.3) is 0 Å². The van der Waals surface area contributed by atoms with Gasteiger partial charge in [-0.2, -0.15) is 0 Å². The van der Waals surface area contributed by atoms with Crippen LogP contribution in [0.1, 0.15) is 11.1 Å². The average Bonchev–Trinajstić information content (AvgIpc) is 2.16. The minimum atomic E-state index is -0.504. The van der Waals surface area contributed by atoms with Crippen molar-refractivity contribution in [3.63, 3.8) is 0 Å². The Bertz CT molecular complexity index is 355. The molecule has 0 atom stereocenters. The molecule has 0 bridgehead atoms. The quantitative estimate of drug-likeness (QED) is 0.567. The molecule has 0 saturated heterocycles. The molecule has 2 amide bonds. The molecule has 82 valence electrons. The standard InChI is InChI=1S/C10H15N3OS/c11-6-8-3-7(4-9(15)5-8)1-2-13-10(12)14/h3-5,15H,1-2,6,11H2,(H3,12,13,14). The molecular weight excluding hydrogens is 210 g/mol. The highest BCUT2D eigenvalue weighted by atomic mass is 32.1. The number of rotatable bonds is 4. The van der Waals surface area contributed by atoms with Gasteiger partial charge in [-0.1, -0.05) is 6.07 Å². The van der Waals surface area contributed by atoms with E-state index in [1.807, 2.05) is 18.2 Å². The molecule has 15 heavy (non-hydrogen) atoms. The van der Waals surface area contributed by atoms with Crippen LogP contribution in [0.3, 0.4) is 0 Å². The summed E-state index contributed by atoms with van der Waals surface area (Å²) < 4.78 is 0. The lowest BCUT2D eigenvalue weighted by Crippen LogP contribution is -2.30. The van der Waals surface area contributed by atoms with Crippen LogP contribution >= 0.6 is 12.6 Å². The normalized spacial score (nSPS) is 10.0. The summed E-state index contributed by atoms with van der Waals surface area (Å²) in [7, 11) is 0. The zero-order valence-electron chi connectivity index (χ0n) is 8.36. The van der Waals surface area contributed by atoms with Gasteiger partial charge in [-0.15, -0.1) is 12.6 Å². The first-order valence-electron chi connectivity index (χ1n) is 4.67. The Hall–Kier alpha value is -1.20. The lowest BCUT2D eigenvalue weighted by molar-refractivity contribution is 0.249. The van der Waals surface area contributed by atoms with Gasteiger partial charge in [-0.25, -0.2) is 4.79 Å². The number of primary amides is 1. The van der Waals surface area contributed by atoms with E-state index in [1.54, 1.807) is 0 Å². The third kappa shape index (κ3) is 4.22. The number of thiol groups is 1. The molecular formula is C10H15N3OS. The SMILES string of the molecule is NCc1cc(S)cc(CCNC(N)=O)c1. The highest BCUT2D eigenvalue weighted by Crippen LogP contribution is 2.13. The maximum atomic E-state index is 10.5. The van der Waals surface area contributed by atoms with Crippen LogP contribution in [0.15, 0.2) is 23.1 Å². The van der Waals surface area contributed by atoms with Crippen LogP contribution in [-0.4, -0.2) is 12.6 Å². The van der Waals surface area contributed by atoms with Crippen LogP contribution in [0.2, 0.25) is 0 Å². The van der Waals surface area contributed by atoms with Crippen molar-refractivity contribution in [2.24, 2.45) is 11.5 Å². The fourth-order valence-corrected chi connectivity index (χ4v) is 1.67. The summed E-state index contributed by atoms with van der Waals surface area (Å²) in [6.07, 6.45) is 0.727. The number of carbonyl (C=O) groups is 1. The molecule has 1 rings (SSSR count). The van der Waals surface area contributed by atoms with E-state index in [1.165, 1.54) is 0 Å². The van der Waals surface area contributed by atoms with Crippen molar-refractivity contribution in [2.75, 3.05) is 6.54 Å². The van der Waals surface area contributed by atoms with Crippen LogP contribution in [0.4, 0.5) is 4.79 Å². The van der Waals surface area contributed by atoms with Gasteiger partial charge in [0, 0.05) is 18.0 Å². The van der Waals surface area contributed by atoms with Crippen LogP contribution in [-0.2, 0) is 13.0 Å². The minimum absolute atomic E-state index is 0.491. The summed E-state index contributed by atoms with van der Waals surface area (Å²) in [5.74, 6) is 0. The summed E-state index contributed by atoms with van der Waals surface area (Å²) in [4.78, 5) is 11.3. The first-order valence-corrected chi connectivity index (χ1v) is 5.11. The predicted molar refractivity (Wildman–Crippen MR) is 62.9 cm³/mol. The molecule has 0 radical (unpaired) electrons. The summed E-state index contributed by atoms with van der Waals surface area (Å²) >= 11 is 4.27. The highest BCUT2D eigenvalue weighted by Gasteiger charge is 1.99. The van der Waals surface area contributed by atoms with Crippen molar-refractivity contribution in [1.29, 1.82) is 0 Å². The molecule has 0 saturated carbocycles. The van der Waals surface area contributed by atoms with Gasteiger partial charge in [0.15, 0.2) is 0 Å². The van der Waals surface area contributed by atoms with Crippen molar-refractivity contribution in [3.8, 4) is 0 Å². The van der Waals surface area contributed by atoms with E-state index in [2.05, 4.69) is 17.9 Å². The van der Waals surface area contributed by atoms with Crippen LogP contribution in [0.25, 0.3) is 0 Å². The molecule has 5 N–H and O–H groups in total. The van der Waals surface area contributed by atoms with E-state index >= 15 is 0 Å². The van der Waals surface area contributed by atoms with E-state index in [0.717, 1.165) is 22.4 Å². The third-order valence-electron chi connectivity index (χ3n) is 1.99. The van der Waals surface area contributed by atoms with Crippen molar-refractivity contribution < 1.29 is 4.79 Å². The van der Waals surface area contributed by atoms with E-state index in [9.17, 15) is 4.79 Å². The predicted octanol–water partition coefficient (Wildman–Crippen LogP) is 0.645. The molecule has 0 spiro atoms. The second-order valence-corrected chi connectivity index (χ2v) is 3.77. The van der Waals surface area contributed by atoms with Crippen molar-refractivity contribution in [1.82, 2.24) is 5.32 Å². The average molecular weight is 225 g/mol. The van der Waals surface area contributed by atoms with Crippen molar-refractivity contribution in [2.45, 2.75) is 17.9 Å². The number of amides is 2. The van der Waals surface area contributed by atoms with Gasteiger partial charge in [0.05, 0.1) is 0 Å². The molecule has 0 fully saturated rings. The summed E-state index contributed by atoms with van der Waals surface area (Å²) in [5, 5.41) is 2.53. The van der Waals surface area contributed by atoms with E-state index < -0.39 is 6.03 Å². The lowest BCUT2D eigenvalue weighted by atomic mass is 10.1. The molecule has 4 nitrogen and oxygen atoms in total. The van der Waals surface area contributed by atoms with Crippen molar-refractivity contribution >= 4 is 18.7 Å². The smallest absolute Gasteiger partial charge is 0.312 e. The van der Waals surface area contributed by atoms with Gasteiger partial charge in [-0.05, 0) is 29.7 Å². The number of carbonyl (C=O) groups excluding carboxylic acids is 1. The lowest BCUT2D eigenvalue weighted by Gasteiger charge is -2.06. The number of benzene rings is 1. The molecule has 5 heteroatoms. The molecule has 0 heterocycles. The van der Waals surface area contributed by atoms with E-state index in [-0.39, 0.29) is 0 Å². The third-order valence-corrected chi connectivity index (χ3v) is 2.24. The maximum absolute atomic E-state index is 10.5. The summed E-state index contributed by atoms with van der Waals surface area (Å²) in [6.45, 7) is 1.02. The zero-order valence-corrected chi connectivity index (χ0v) is 9.26. The molecule has 1 aromatic carbocycles. The largest absolute Gasteiger partial charge is 0.352 e. The number of hydrogen-bond acceptors (Lipinski definition) is 3. The molecule has 0 aliphatic rings. The fraction of sp³-hybridized carbons (Fsp3) is 0.300. The molecule has 0 aliphatic heterocycles. The van der Waals surface area contributed by atoms with Crippen LogP contribution < -0.4 is 16.8 Å². The monoisotopic (exact) mass is 225 g/mol. The van der Waals surface area contributed by atoms with E-state index in [4.69, 9.17) is 11.5 Å². The van der Waals surface area contributed by atoms with Gasteiger partial charge in [-0.3, -0.25) is 0 Å². The summed E-state index contributed by atoms with van der Waals surface area (Å²) in [6, 6.07) is 5.37.